The maximum absolute atomic E-state index is 11.0. The zero-order valence-electron chi connectivity index (χ0n) is 8.41. The van der Waals surface area contributed by atoms with Crippen LogP contribution in [0, 0.1) is 5.41 Å². The van der Waals surface area contributed by atoms with E-state index in [-0.39, 0.29) is 5.91 Å². The number of carbonyl (C=O) groups excluding carboxylic acids is 1. The number of hydrogen-bond donors (Lipinski definition) is 2. The fourth-order valence-electron chi connectivity index (χ4n) is 0.915. The van der Waals surface area contributed by atoms with Gasteiger partial charge in [-0.15, -0.1) is 11.3 Å². The molecule has 0 aromatic carbocycles. The number of amides is 1. The lowest BCUT2D eigenvalue weighted by molar-refractivity contribution is -0.125. The molecule has 0 spiro atoms. The fourth-order valence-corrected chi connectivity index (χ4v) is 1.47. The summed E-state index contributed by atoms with van der Waals surface area (Å²) in [5.74, 6) is -0.289. The van der Waals surface area contributed by atoms with Crippen molar-refractivity contribution in [3.8, 4) is 0 Å². The van der Waals surface area contributed by atoms with E-state index in [9.17, 15) is 4.79 Å². The Hall–Kier alpha value is -0.940. The Balaban J connectivity index is 2.31. The highest BCUT2D eigenvalue weighted by molar-refractivity contribution is 7.07. The van der Waals surface area contributed by atoms with Crippen molar-refractivity contribution in [1.29, 1.82) is 0 Å². The molecule has 1 heterocycles. The third-order valence-corrected chi connectivity index (χ3v) is 2.66. The fraction of sp³-hybridized carbons (Fsp3) is 0.556. The second-order valence-corrected chi connectivity index (χ2v) is 4.55. The van der Waals surface area contributed by atoms with Gasteiger partial charge in [0.1, 0.15) is 0 Å². The standard InChI is InChI=1S/C9H15N3OS/c1-9(2,8(10)13)5-11-3-7-4-14-6-12-7/h4,6,11H,3,5H2,1-2H3,(H2,10,13). The van der Waals surface area contributed by atoms with Crippen LogP contribution in [0.5, 0.6) is 0 Å². The predicted molar refractivity (Wildman–Crippen MR) is 56.8 cm³/mol. The molecule has 1 aromatic rings. The first kappa shape index (κ1) is 11.1. The number of nitrogens with two attached hydrogens (primary N) is 1. The zero-order valence-corrected chi connectivity index (χ0v) is 9.23. The van der Waals surface area contributed by atoms with E-state index in [4.69, 9.17) is 5.73 Å². The molecule has 0 aliphatic heterocycles. The molecule has 4 nitrogen and oxygen atoms in total. The van der Waals surface area contributed by atoms with Gasteiger partial charge in [-0.2, -0.15) is 0 Å². The van der Waals surface area contributed by atoms with Gasteiger partial charge in [0.25, 0.3) is 0 Å². The molecule has 0 aliphatic rings. The molecule has 0 aliphatic carbocycles. The Bertz CT molecular complexity index is 295. The van der Waals surface area contributed by atoms with Crippen LogP contribution in [0.1, 0.15) is 19.5 Å². The Morgan fingerprint density at radius 2 is 2.43 bits per heavy atom. The summed E-state index contributed by atoms with van der Waals surface area (Å²) in [5.41, 5.74) is 7.52. The molecule has 0 bridgehead atoms. The Kier molecular flexibility index (Phi) is 3.60. The van der Waals surface area contributed by atoms with Crippen LogP contribution < -0.4 is 11.1 Å². The SMILES string of the molecule is CC(C)(CNCc1cscn1)C(N)=O. The summed E-state index contributed by atoms with van der Waals surface area (Å²) in [7, 11) is 0. The van der Waals surface area contributed by atoms with Crippen LogP contribution in [0.15, 0.2) is 10.9 Å². The number of rotatable bonds is 5. The van der Waals surface area contributed by atoms with Gasteiger partial charge < -0.3 is 11.1 Å². The number of hydrogen-bond acceptors (Lipinski definition) is 4. The highest BCUT2D eigenvalue weighted by Gasteiger charge is 2.23. The molecule has 0 fully saturated rings. The van der Waals surface area contributed by atoms with Gasteiger partial charge in [0, 0.05) is 18.5 Å². The second kappa shape index (κ2) is 4.52. The van der Waals surface area contributed by atoms with E-state index < -0.39 is 5.41 Å². The molecule has 0 saturated heterocycles. The molecule has 14 heavy (non-hydrogen) atoms. The van der Waals surface area contributed by atoms with Gasteiger partial charge in [0.15, 0.2) is 0 Å². The van der Waals surface area contributed by atoms with E-state index in [2.05, 4.69) is 10.3 Å². The predicted octanol–water partition coefficient (Wildman–Crippen LogP) is 0.744. The van der Waals surface area contributed by atoms with E-state index in [0.717, 1.165) is 5.69 Å². The van der Waals surface area contributed by atoms with E-state index in [1.54, 1.807) is 16.8 Å². The lowest BCUT2D eigenvalue weighted by atomic mass is 9.93. The molecular weight excluding hydrogens is 198 g/mol. The molecule has 78 valence electrons. The monoisotopic (exact) mass is 213 g/mol. The molecule has 1 aromatic heterocycles. The third kappa shape index (κ3) is 3.08. The lowest BCUT2D eigenvalue weighted by Gasteiger charge is -2.20. The van der Waals surface area contributed by atoms with E-state index in [1.165, 1.54) is 0 Å². The first-order chi connectivity index (χ1) is 6.52. The maximum Gasteiger partial charge on any atom is 0.224 e. The summed E-state index contributed by atoms with van der Waals surface area (Å²) >= 11 is 1.56. The summed E-state index contributed by atoms with van der Waals surface area (Å²) in [6, 6.07) is 0. The minimum Gasteiger partial charge on any atom is -0.369 e. The van der Waals surface area contributed by atoms with Crippen molar-refractivity contribution >= 4 is 17.2 Å². The van der Waals surface area contributed by atoms with Crippen molar-refractivity contribution in [2.45, 2.75) is 20.4 Å². The van der Waals surface area contributed by atoms with E-state index in [1.807, 2.05) is 19.2 Å². The Morgan fingerprint density at radius 3 is 2.93 bits per heavy atom. The van der Waals surface area contributed by atoms with Gasteiger partial charge in [-0.1, -0.05) is 0 Å². The van der Waals surface area contributed by atoms with Crippen LogP contribution in [-0.2, 0) is 11.3 Å². The minimum atomic E-state index is -0.504. The number of nitrogens with zero attached hydrogens (tertiary/aromatic N) is 1. The van der Waals surface area contributed by atoms with Crippen molar-refractivity contribution in [2.24, 2.45) is 11.1 Å². The molecule has 1 amide bonds. The topological polar surface area (TPSA) is 68.0 Å². The number of primary amides is 1. The van der Waals surface area contributed by atoms with Gasteiger partial charge in [-0.25, -0.2) is 4.98 Å². The summed E-state index contributed by atoms with van der Waals surface area (Å²) in [6.07, 6.45) is 0. The average Bonchev–Trinajstić information content (AvgIpc) is 2.56. The van der Waals surface area contributed by atoms with Crippen molar-refractivity contribution in [2.75, 3.05) is 6.54 Å². The smallest absolute Gasteiger partial charge is 0.224 e. The van der Waals surface area contributed by atoms with E-state index in [0.29, 0.717) is 13.1 Å². The average molecular weight is 213 g/mol. The highest BCUT2D eigenvalue weighted by Crippen LogP contribution is 2.12. The summed E-state index contributed by atoms with van der Waals surface area (Å²) in [6.45, 7) is 4.90. The normalized spacial score (nSPS) is 11.6. The molecule has 3 N–H and O–H groups in total. The molecule has 0 saturated carbocycles. The third-order valence-electron chi connectivity index (χ3n) is 2.02. The lowest BCUT2D eigenvalue weighted by Crippen LogP contribution is -2.40. The van der Waals surface area contributed by atoms with Gasteiger partial charge >= 0.3 is 0 Å². The Morgan fingerprint density at radius 1 is 1.71 bits per heavy atom. The Labute approximate surface area is 87.5 Å². The van der Waals surface area contributed by atoms with Gasteiger partial charge in [-0.3, -0.25) is 4.79 Å². The van der Waals surface area contributed by atoms with Crippen LogP contribution in [0.2, 0.25) is 0 Å². The van der Waals surface area contributed by atoms with Crippen LogP contribution in [0.4, 0.5) is 0 Å². The molecule has 1 rings (SSSR count). The first-order valence-corrected chi connectivity index (χ1v) is 5.34. The van der Waals surface area contributed by atoms with Crippen molar-refractivity contribution in [1.82, 2.24) is 10.3 Å². The van der Waals surface area contributed by atoms with Gasteiger partial charge in [-0.05, 0) is 13.8 Å². The maximum atomic E-state index is 11.0. The summed E-state index contributed by atoms with van der Waals surface area (Å²) < 4.78 is 0. The summed E-state index contributed by atoms with van der Waals surface area (Å²) in [4.78, 5) is 15.1. The van der Waals surface area contributed by atoms with E-state index >= 15 is 0 Å². The first-order valence-electron chi connectivity index (χ1n) is 4.40. The number of aromatic nitrogens is 1. The van der Waals surface area contributed by atoms with Crippen molar-refractivity contribution in [3.63, 3.8) is 0 Å². The number of thiazole rings is 1. The number of carbonyl (C=O) groups is 1. The summed E-state index contributed by atoms with van der Waals surface area (Å²) in [5, 5.41) is 5.13. The van der Waals surface area contributed by atoms with Crippen LogP contribution in [-0.4, -0.2) is 17.4 Å². The quantitative estimate of drug-likeness (QED) is 0.758. The van der Waals surface area contributed by atoms with Crippen LogP contribution in [0.3, 0.4) is 0 Å². The molecular formula is C9H15N3OS. The van der Waals surface area contributed by atoms with Crippen LogP contribution >= 0.6 is 11.3 Å². The zero-order chi connectivity index (χ0) is 10.6. The van der Waals surface area contributed by atoms with Gasteiger partial charge in [0.05, 0.1) is 16.6 Å². The second-order valence-electron chi connectivity index (χ2n) is 3.83. The molecule has 5 heteroatoms. The van der Waals surface area contributed by atoms with Crippen molar-refractivity contribution in [3.05, 3.63) is 16.6 Å². The molecule has 0 unspecified atom stereocenters. The molecule has 0 atom stereocenters. The van der Waals surface area contributed by atoms with Gasteiger partial charge in [0.2, 0.25) is 5.91 Å². The van der Waals surface area contributed by atoms with Crippen molar-refractivity contribution < 1.29 is 4.79 Å². The molecule has 0 radical (unpaired) electrons. The van der Waals surface area contributed by atoms with Crippen LogP contribution in [0.25, 0.3) is 0 Å². The highest BCUT2D eigenvalue weighted by atomic mass is 32.1. The number of nitrogens with one attached hydrogen (secondary N) is 1. The largest absolute Gasteiger partial charge is 0.369 e. The minimum absolute atomic E-state index is 0.289.